The molecule has 0 aliphatic carbocycles. The van der Waals surface area contributed by atoms with Gasteiger partial charge in [-0.25, -0.2) is 0 Å². The van der Waals surface area contributed by atoms with Crippen LogP contribution >= 0.6 is 0 Å². The lowest BCUT2D eigenvalue weighted by atomic mass is 10.2. The van der Waals surface area contributed by atoms with Gasteiger partial charge >= 0.3 is 0 Å². The van der Waals surface area contributed by atoms with Crippen molar-refractivity contribution in [3.63, 3.8) is 0 Å². The lowest BCUT2D eigenvalue weighted by Crippen LogP contribution is -2.17. The van der Waals surface area contributed by atoms with Crippen molar-refractivity contribution in [1.82, 2.24) is 5.43 Å². The minimum absolute atomic E-state index is 0.0555. The Kier molecular flexibility index (Phi) is 3.62. The fourth-order valence-electron chi connectivity index (χ4n) is 2.07. The topological polar surface area (TPSA) is 114 Å². The molecule has 1 aliphatic rings. The maximum Gasteiger partial charge on any atom is 0.285 e. The third-order valence-electron chi connectivity index (χ3n) is 3.10. The number of nitro groups is 1. The van der Waals surface area contributed by atoms with E-state index in [0.29, 0.717) is 11.1 Å². The summed E-state index contributed by atoms with van der Waals surface area (Å²) < 4.78 is 27.3. The molecule has 116 valence electrons. The molecule has 0 fully saturated rings. The van der Waals surface area contributed by atoms with Gasteiger partial charge in [0.15, 0.2) is 5.84 Å². The van der Waals surface area contributed by atoms with Crippen LogP contribution in [0.1, 0.15) is 11.1 Å². The maximum absolute atomic E-state index is 11.9. The quantitative estimate of drug-likeness (QED) is 0.522. The van der Waals surface area contributed by atoms with Crippen molar-refractivity contribution in [2.75, 3.05) is 0 Å². The van der Waals surface area contributed by atoms with E-state index in [9.17, 15) is 18.5 Å². The summed E-state index contributed by atoms with van der Waals surface area (Å²) in [5.74, 6) is 0.113. The Labute approximate surface area is 131 Å². The number of nitrogens with one attached hydrogen (secondary N) is 1. The summed E-state index contributed by atoms with van der Waals surface area (Å²) in [6, 6.07) is 12.3. The van der Waals surface area contributed by atoms with Crippen molar-refractivity contribution in [3.05, 3.63) is 69.8 Å². The molecule has 1 aliphatic heterocycles. The van der Waals surface area contributed by atoms with Crippen molar-refractivity contribution in [2.24, 2.45) is 9.50 Å². The number of fused-ring (bicyclic) bond motifs is 1. The van der Waals surface area contributed by atoms with Crippen LogP contribution in [0.25, 0.3) is 0 Å². The SMILES string of the molecule is O=[N+]([O-])c1cccc(C=NNC2=NS(=O)(=O)c3ccccc32)c1. The van der Waals surface area contributed by atoms with Gasteiger partial charge in [0.2, 0.25) is 0 Å². The normalized spacial score (nSPS) is 15.2. The molecule has 0 radical (unpaired) electrons. The Bertz CT molecular complexity index is 951. The fourth-order valence-corrected chi connectivity index (χ4v) is 3.24. The third-order valence-corrected chi connectivity index (χ3v) is 4.43. The molecule has 0 unspecified atom stereocenters. The first-order chi connectivity index (χ1) is 11.0. The Hall–Kier alpha value is -3.07. The monoisotopic (exact) mass is 330 g/mol. The van der Waals surface area contributed by atoms with E-state index < -0.39 is 14.9 Å². The van der Waals surface area contributed by atoms with Gasteiger partial charge < -0.3 is 0 Å². The first-order valence-corrected chi connectivity index (χ1v) is 7.89. The molecular weight excluding hydrogens is 320 g/mol. The number of amidine groups is 1. The smallest absolute Gasteiger partial charge is 0.260 e. The lowest BCUT2D eigenvalue weighted by Gasteiger charge is -2.00. The number of nitro benzene ring substituents is 1. The largest absolute Gasteiger partial charge is 0.285 e. The predicted octanol–water partition coefficient (Wildman–Crippen LogP) is 1.67. The molecule has 8 nitrogen and oxygen atoms in total. The van der Waals surface area contributed by atoms with Crippen molar-refractivity contribution in [1.29, 1.82) is 0 Å². The van der Waals surface area contributed by atoms with Crippen molar-refractivity contribution in [2.45, 2.75) is 4.90 Å². The highest BCUT2D eigenvalue weighted by molar-refractivity contribution is 7.90. The number of sulfonamides is 1. The van der Waals surface area contributed by atoms with Crippen LogP contribution in [0.3, 0.4) is 0 Å². The highest BCUT2D eigenvalue weighted by Gasteiger charge is 2.28. The molecule has 23 heavy (non-hydrogen) atoms. The van der Waals surface area contributed by atoms with Gasteiger partial charge in [0.1, 0.15) is 4.90 Å². The average Bonchev–Trinajstić information content (AvgIpc) is 2.79. The van der Waals surface area contributed by atoms with Gasteiger partial charge in [-0.15, -0.1) is 4.40 Å². The zero-order chi connectivity index (χ0) is 16.4. The third kappa shape index (κ3) is 2.94. The van der Waals surface area contributed by atoms with E-state index in [4.69, 9.17) is 0 Å². The Morgan fingerprint density at radius 2 is 1.96 bits per heavy atom. The number of non-ortho nitro benzene ring substituents is 1. The molecule has 0 bridgehead atoms. The van der Waals surface area contributed by atoms with Crippen molar-refractivity contribution < 1.29 is 13.3 Å². The minimum Gasteiger partial charge on any atom is -0.260 e. The Morgan fingerprint density at radius 3 is 2.74 bits per heavy atom. The summed E-state index contributed by atoms with van der Waals surface area (Å²) in [6.07, 6.45) is 1.35. The molecule has 1 heterocycles. The summed E-state index contributed by atoms with van der Waals surface area (Å²) in [7, 11) is -3.71. The van der Waals surface area contributed by atoms with Gasteiger partial charge in [0.25, 0.3) is 15.7 Å². The van der Waals surface area contributed by atoms with Crippen LogP contribution in [-0.2, 0) is 10.0 Å². The van der Waals surface area contributed by atoms with Gasteiger partial charge in [-0.2, -0.15) is 13.5 Å². The summed E-state index contributed by atoms with van der Waals surface area (Å²) in [5.41, 5.74) is 3.44. The summed E-state index contributed by atoms with van der Waals surface area (Å²) in [4.78, 5) is 10.3. The van der Waals surface area contributed by atoms with E-state index in [2.05, 4.69) is 14.9 Å². The molecule has 2 aromatic carbocycles. The zero-order valence-electron chi connectivity index (χ0n) is 11.6. The van der Waals surface area contributed by atoms with Crippen LogP contribution in [0.4, 0.5) is 5.69 Å². The van der Waals surface area contributed by atoms with Crippen LogP contribution in [0.15, 0.2) is 62.9 Å². The second kappa shape index (κ2) is 5.61. The fraction of sp³-hybridized carbons (Fsp3) is 0. The summed E-state index contributed by atoms with van der Waals surface area (Å²) >= 11 is 0. The summed E-state index contributed by atoms with van der Waals surface area (Å²) in [6.45, 7) is 0. The van der Waals surface area contributed by atoms with Crippen LogP contribution in [0.2, 0.25) is 0 Å². The molecule has 0 saturated heterocycles. The van der Waals surface area contributed by atoms with Gasteiger partial charge in [-0.3, -0.25) is 15.5 Å². The standard InChI is InChI=1S/C14H10N4O4S/c19-18(20)11-5-3-4-10(8-11)9-15-16-14-12-6-1-2-7-13(12)23(21,22)17-14/h1-9H,(H,16,17). The van der Waals surface area contributed by atoms with Gasteiger partial charge in [-0.05, 0) is 12.1 Å². The van der Waals surface area contributed by atoms with Gasteiger partial charge in [0, 0.05) is 23.3 Å². The van der Waals surface area contributed by atoms with E-state index >= 15 is 0 Å². The lowest BCUT2D eigenvalue weighted by molar-refractivity contribution is -0.384. The van der Waals surface area contributed by atoms with E-state index in [1.165, 1.54) is 30.5 Å². The maximum atomic E-state index is 11.9. The molecule has 3 rings (SSSR count). The van der Waals surface area contributed by atoms with Gasteiger partial charge in [0.05, 0.1) is 11.1 Å². The first-order valence-electron chi connectivity index (χ1n) is 6.45. The van der Waals surface area contributed by atoms with Crippen LogP contribution < -0.4 is 5.43 Å². The predicted molar refractivity (Wildman–Crippen MR) is 84.0 cm³/mol. The van der Waals surface area contributed by atoms with E-state index in [1.807, 2.05) is 0 Å². The molecule has 0 saturated carbocycles. The highest BCUT2D eigenvalue weighted by Crippen LogP contribution is 2.24. The second-order valence-electron chi connectivity index (χ2n) is 4.63. The van der Waals surface area contributed by atoms with Crippen LogP contribution in [0, 0.1) is 10.1 Å². The number of hydrogen-bond donors (Lipinski definition) is 1. The Balaban J connectivity index is 1.82. The molecule has 0 aromatic heterocycles. The van der Waals surface area contributed by atoms with Crippen molar-refractivity contribution >= 4 is 27.8 Å². The number of rotatable bonds is 3. The Morgan fingerprint density at radius 1 is 1.17 bits per heavy atom. The minimum atomic E-state index is -3.71. The molecule has 0 spiro atoms. The number of benzene rings is 2. The van der Waals surface area contributed by atoms with Crippen molar-refractivity contribution in [3.8, 4) is 0 Å². The van der Waals surface area contributed by atoms with Crippen LogP contribution in [-0.4, -0.2) is 25.4 Å². The molecule has 0 atom stereocenters. The van der Waals surface area contributed by atoms with E-state index in [-0.39, 0.29) is 16.4 Å². The molecule has 9 heteroatoms. The molecule has 2 aromatic rings. The highest BCUT2D eigenvalue weighted by atomic mass is 32.2. The first kappa shape index (κ1) is 14.9. The number of hydrazone groups is 1. The number of nitrogens with zero attached hydrogens (tertiary/aromatic N) is 3. The zero-order valence-corrected chi connectivity index (χ0v) is 12.4. The number of hydrogen-bond acceptors (Lipinski definition) is 6. The molecule has 1 N–H and O–H groups in total. The van der Waals surface area contributed by atoms with Gasteiger partial charge in [-0.1, -0.05) is 24.3 Å². The summed E-state index contributed by atoms with van der Waals surface area (Å²) in [5, 5.41) is 14.6. The second-order valence-corrected chi connectivity index (χ2v) is 6.21. The van der Waals surface area contributed by atoms with E-state index in [1.54, 1.807) is 24.3 Å². The molecule has 0 amide bonds. The van der Waals surface area contributed by atoms with E-state index in [0.717, 1.165) is 0 Å². The molecular formula is C14H10N4O4S. The van der Waals surface area contributed by atoms with Crippen LogP contribution in [0.5, 0.6) is 0 Å². The average molecular weight is 330 g/mol.